The highest BCUT2D eigenvalue weighted by Crippen LogP contribution is 2.18. The van der Waals surface area contributed by atoms with Crippen LogP contribution in [-0.2, 0) is 11.8 Å². The number of ether oxygens (including phenoxy) is 1. The van der Waals surface area contributed by atoms with Crippen LogP contribution in [0.2, 0.25) is 0 Å². The van der Waals surface area contributed by atoms with Crippen LogP contribution in [0.15, 0.2) is 24.5 Å². The van der Waals surface area contributed by atoms with E-state index < -0.39 is 0 Å². The molecule has 0 unspecified atom stereocenters. The Hall–Kier alpha value is -1.84. The second-order valence-electron chi connectivity index (χ2n) is 2.72. The third kappa shape index (κ3) is 1.26. The van der Waals surface area contributed by atoms with Crippen molar-refractivity contribution in [2.45, 2.75) is 0 Å². The Labute approximate surface area is 74.8 Å². The summed E-state index contributed by atoms with van der Waals surface area (Å²) >= 11 is 0. The molecule has 0 spiro atoms. The topological polar surface area (TPSA) is 44.1 Å². The van der Waals surface area contributed by atoms with Gasteiger partial charge in [0, 0.05) is 13.1 Å². The van der Waals surface area contributed by atoms with Crippen molar-refractivity contribution >= 4 is 17.5 Å². The summed E-state index contributed by atoms with van der Waals surface area (Å²) in [4.78, 5) is 14.2. The zero-order valence-electron chi connectivity index (χ0n) is 7.10. The van der Waals surface area contributed by atoms with Crippen LogP contribution >= 0.6 is 0 Å². The number of hydrogen-bond donors (Lipinski definition) is 0. The maximum atomic E-state index is 10.1. The van der Waals surface area contributed by atoms with Gasteiger partial charge in [-0.05, 0) is 12.1 Å². The molecular formula is C9H8N2O2. The van der Waals surface area contributed by atoms with Crippen molar-refractivity contribution in [3.8, 4) is 5.75 Å². The highest BCUT2D eigenvalue weighted by Gasteiger charge is 2.00. The lowest BCUT2D eigenvalue weighted by atomic mass is 10.3. The van der Waals surface area contributed by atoms with Gasteiger partial charge < -0.3 is 9.30 Å². The first-order valence-electron chi connectivity index (χ1n) is 3.82. The molecule has 0 aliphatic heterocycles. The van der Waals surface area contributed by atoms with Crippen molar-refractivity contribution in [3.63, 3.8) is 0 Å². The van der Waals surface area contributed by atoms with Gasteiger partial charge in [0.25, 0.3) is 6.47 Å². The Morgan fingerprint density at radius 3 is 3.15 bits per heavy atom. The van der Waals surface area contributed by atoms with Crippen molar-refractivity contribution in [1.29, 1.82) is 0 Å². The first-order valence-corrected chi connectivity index (χ1v) is 3.82. The van der Waals surface area contributed by atoms with Crippen LogP contribution in [0.1, 0.15) is 0 Å². The minimum absolute atomic E-state index is 0.407. The molecule has 13 heavy (non-hydrogen) atoms. The van der Waals surface area contributed by atoms with Crippen molar-refractivity contribution in [2.24, 2.45) is 7.05 Å². The second kappa shape index (κ2) is 2.90. The Kier molecular flexibility index (Phi) is 1.73. The van der Waals surface area contributed by atoms with Crippen molar-refractivity contribution < 1.29 is 9.53 Å². The van der Waals surface area contributed by atoms with Crippen molar-refractivity contribution in [2.75, 3.05) is 0 Å². The molecule has 0 fully saturated rings. The zero-order valence-corrected chi connectivity index (χ0v) is 7.10. The number of nitrogens with zero attached hydrogens (tertiary/aromatic N) is 2. The van der Waals surface area contributed by atoms with Crippen LogP contribution in [0, 0.1) is 0 Å². The van der Waals surface area contributed by atoms with E-state index in [4.69, 9.17) is 4.74 Å². The van der Waals surface area contributed by atoms with Crippen molar-refractivity contribution in [3.05, 3.63) is 24.5 Å². The summed E-state index contributed by atoms with van der Waals surface area (Å²) in [5.41, 5.74) is 1.83. The molecule has 4 heteroatoms. The third-order valence-corrected chi connectivity index (χ3v) is 1.88. The predicted molar refractivity (Wildman–Crippen MR) is 47.4 cm³/mol. The van der Waals surface area contributed by atoms with E-state index in [1.54, 1.807) is 18.5 Å². The predicted octanol–water partition coefficient (Wildman–Crippen LogP) is 1.11. The van der Waals surface area contributed by atoms with E-state index in [0.29, 0.717) is 12.2 Å². The Morgan fingerprint density at radius 2 is 2.38 bits per heavy atom. The van der Waals surface area contributed by atoms with Gasteiger partial charge in [0.2, 0.25) is 0 Å². The van der Waals surface area contributed by atoms with Gasteiger partial charge in [-0.25, -0.2) is 4.98 Å². The second-order valence-corrected chi connectivity index (χ2v) is 2.72. The summed E-state index contributed by atoms with van der Waals surface area (Å²) < 4.78 is 6.60. The molecule has 0 amide bonds. The Bertz CT molecular complexity index is 448. The molecule has 0 radical (unpaired) electrons. The van der Waals surface area contributed by atoms with E-state index in [0.717, 1.165) is 11.0 Å². The van der Waals surface area contributed by atoms with Crippen molar-refractivity contribution in [1.82, 2.24) is 9.55 Å². The smallest absolute Gasteiger partial charge is 0.298 e. The van der Waals surface area contributed by atoms with Crippen LogP contribution in [0.4, 0.5) is 0 Å². The van der Waals surface area contributed by atoms with Gasteiger partial charge in [-0.15, -0.1) is 0 Å². The monoisotopic (exact) mass is 176 g/mol. The lowest BCUT2D eigenvalue weighted by Gasteiger charge is -1.97. The molecule has 0 saturated heterocycles. The average Bonchev–Trinajstić information content (AvgIpc) is 2.48. The molecule has 2 rings (SSSR count). The fourth-order valence-electron chi connectivity index (χ4n) is 1.24. The molecule has 4 nitrogen and oxygen atoms in total. The molecule has 1 heterocycles. The van der Waals surface area contributed by atoms with E-state index in [-0.39, 0.29) is 0 Å². The Morgan fingerprint density at radius 1 is 1.54 bits per heavy atom. The molecule has 0 saturated carbocycles. The molecule has 0 aliphatic carbocycles. The quantitative estimate of drug-likeness (QED) is 0.644. The summed E-state index contributed by atoms with van der Waals surface area (Å²) in [5, 5.41) is 0. The number of hydrogen-bond acceptors (Lipinski definition) is 3. The first-order chi connectivity index (χ1) is 6.31. The lowest BCUT2D eigenvalue weighted by Crippen LogP contribution is -1.88. The van der Waals surface area contributed by atoms with Crippen LogP contribution in [0.25, 0.3) is 11.0 Å². The zero-order chi connectivity index (χ0) is 9.26. The van der Waals surface area contributed by atoms with E-state index in [9.17, 15) is 4.79 Å². The molecule has 66 valence electrons. The fraction of sp³-hybridized carbons (Fsp3) is 0.111. The number of carbonyl (C=O) groups excluding carboxylic acids is 1. The molecule has 1 aromatic heterocycles. The van der Waals surface area contributed by atoms with E-state index in [1.807, 2.05) is 17.7 Å². The van der Waals surface area contributed by atoms with Gasteiger partial charge in [0.05, 0.1) is 17.4 Å². The third-order valence-electron chi connectivity index (χ3n) is 1.88. The van der Waals surface area contributed by atoms with E-state index in [1.165, 1.54) is 0 Å². The first kappa shape index (κ1) is 7.79. The maximum absolute atomic E-state index is 10.1. The van der Waals surface area contributed by atoms with E-state index >= 15 is 0 Å². The maximum Gasteiger partial charge on any atom is 0.298 e. The van der Waals surface area contributed by atoms with Gasteiger partial charge in [0.1, 0.15) is 5.75 Å². The Balaban J connectivity index is 2.56. The van der Waals surface area contributed by atoms with E-state index in [2.05, 4.69) is 4.98 Å². The summed E-state index contributed by atoms with van der Waals surface area (Å²) in [7, 11) is 1.91. The molecular weight excluding hydrogens is 168 g/mol. The van der Waals surface area contributed by atoms with Gasteiger partial charge in [0.15, 0.2) is 0 Å². The minimum atomic E-state index is 0.407. The number of aromatic nitrogens is 2. The lowest BCUT2D eigenvalue weighted by molar-refractivity contribution is -0.120. The minimum Gasteiger partial charge on any atom is -0.429 e. The highest BCUT2D eigenvalue weighted by molar-refractivity contribution is 5.77. The van der Waals surface area contributed by atoms with Crippen LogP contribution in [0.5, 0.6) is 5.75 Å². The highest BCUT2D eigenvalue weighted by atomic mass is 16.5. The standard InChI is InChI=1S/C9H8N2O2/c1-11-5-10-8-4-7(13-6-12)2-3-9(8)11/h2-6H,1H3. The average molecular weight is 176 g/mol. The fourth-order valence-corrected chi connectivity index (χ4v) is 1.24. The molecule has 0 N–H and O–H groups in total. The molecule has 2 aromatic rings. The van der Waals surface area contributed by atoms with Crippen LogP contribution in [-0.4, -0.2) is 16.0 Å². The summed E-state index contributed by atoms with van der Waals surface area (Å²) in [6.45, 7) is 0.407. The van der Waals surface area contributed by atoms with Gasteiger partial charge >= 0.3 is 0 Å². The number of fused-ring (bicyclic) bond motifs is 1. The summed E-state index contributed by atoms with van der Waals surface area (Å²) in [6, 6.07) is 5.32. The van der Waals surface area contributed by atoms with Gasteiger partial charge in [-0.3, -0.25) is 4.79 Å². The summed E-state index contributed by atoms with van der Waals surface area (Å²) in [6.07, 6.45) is 1.72. The number of carbonyl (C=O) groups is 1. The number of imidazole rings is 1. The van der Waals surface area contributed by atoms with Gasteiger partial charge in [-0.2, -0.15) is 0 Å². The largest absolute Gasteiger partial charge is 0.429 e. The van der Waals surface area contributed by atoms with Crippen LogP contribution < -0.4 is 4.74 Å². The molecule has 1 aromatic carbocycles. The molecule has 0 atom stereocenters. The van der Waals surface area contributed by atoms with Crippen LogP contribution in [0.3, 0.4) is 0 Å². The molecule has 0 bridgehead atoms. The van der Waals surface area contributed by atoms with Gasteiger partial charge in [-0.1, -0.05) is 0 Å². The number of aryl methyl sites for hydroxylation is 1. The summed E-state index contributed by atoms with van der Waals surface area (Å²) in [5.74, 6) is 0.515. The molecule has 0 aliphatic rings. The SMILES string of the molecule is Cn1cnc2cc(OC=O)ccc21. The number of rotatable bonds is 2. The number of benzene rings is 1. The normalized spacial score (nSPS) is 10.2.